The van der Waals surface area contributed by atoms with Crippen LogP contribution in [0.15, 0.2) is 24.5 Å². The molecule has 0 saturated carbocycles. The van der Waals surface area contributed by atoms with Crippen LogP contribution in [0.2, 0.25) is 0 Å². The zero-order chi connectivity index (χ0) is 11.4. The van der Waals surface area contributed by atoms with Gasteiger partial charge in [-0.2, -0.15) is 0 Å². The van der Waals surface area contributed by atoms with Crippen molar-refractivity contribution in [1.29, 1.82) is 0 Å². The first kappa shape index (κ1) is 10.5. The van der Waals surface area contributed by atoms with Gasteiger partial charge in [0, 0.05) is 6.54 Å². The Hall–Kier alpha value is -2.04. The Morgan fingerprint density at radius 1 is 1.56 bits per heavy atom. The molecule has 0 aliphatic carbocycles. The summed E-state index contributed by atoms with van der Waals surface area (Å²) in [5, 5.41) is 2.66. The lowest BCUT2D eigenvalue weighted by molar-refractivity contribution is 0.151. The molecule has 0 atom stereocenters. The average Bonchev–Trinajstić information content (AvgIpc) is 2.74. The van der Waals surface area contributed by atoms with Crippen LogP contribution in [-0.4, -0.2) is 22.7 Å². The fourth-order valence-corrected chi connectivity index (χ4v) is 1.45. The van der Waals surface area contributed by atoms with Crippen molar-refractivity contribution in [3.63, 3.8) is 0 Å². The first-order valence-electron chi connectivity index (χ1n) is 5.12. The Morgan fingerprint density at radius 2 is 2.44 bits per heavy atom. The van der Waals surface area contributed by atoms with Gasteiger partial charge in [-0.25, -0.2) is 9.78 Å². The second kappa shape index (κ2) is 4.65. The van der Waals surface area contributed by atoms with Crippen molar-refractivity contribution in [3.05, 3.63) is 30.1 Å². The molecular formula is C11H13N3O2. The summed E-state index contributed by atoms with van der Waals surface area (Å²) in [6.45, 7) is 2.61. The minimum Gasteiger partial charge on any atom is -0.450 e. The zero-order valence-corrected chi connectivity index (χ0v) is 8.99. The highest BCUT2D eigenvalue weighted by Gasteiger charge is 2.02. The molecule has 2 N–H and O–H groups in total. The molecule has 0 spiro atoms. The van der Waals surface area contributed by atoms with E-state index in [0.29, 0.717) is 13.2 Å². The molecular weight excluding hydrogens is 206 g/mol. The van der Waals surface area contributed by atoms with Gasteiger partial charge >= 0.3 is 6.09 Å². The second-order valence-electron chi connectivity index (χ2n) is 3.33. The molecule has 0 unspecified atom stereocenters. The number of hydrogen-bond acceptors (Lipinski definition) is 3. The van der Waals surface area contributed by atoms with Crippen molar-refractivity contribution < 1.29 is 9.53 Å². The summed E-state index contributed by atoms with van der Waals surface area (Å²) in [4.78, 5) is 18.2. The van der Waals surface area contributed by atoms with Gasteiger partial charge in [0.15, 0.2) is 0 Å². The summed E-state index contributed by atoms with van der Waals surface area (Å²) in [5.74, 6) is 0. The lowest BCUT2D eigenvalue weighted by atomic mass is 10.2. The summed E-state index contributed by atoms with van der Waals surface area (Å²) in [7, 11) is 0. The van der Waals surface area contributed by atoms with E-state index in [4.69, 9.17) is 4.74 Å². The Balaban J connectivity index is 2.01. The molecule has 5 nitrogen and oxygen atoms in total. The highest BCUT2D eigenvalue weighted by Crippen LogP contribution is 2.11. The van der Waals surface area contributed by atoms with E-state index in [0.717, 1.165) is 16.6 Å². The summed E-state index contributed by atoms with van der Waals surface area (Å²) >= 11 is 0. The fraction of sp³-hybridized carbons (Fsp3) is 0.273. The number of nitrogens with one attached hydrogen (secondary N) is 2. The van der Waals surface area contributed by atoms with E-state index in [9.17, 15) is 4.79 Å². The SMILES string of the molecule is CCOC(=O)NCc1ccc2nc[nH]c2c1. The molecule has 0 radical (unpaired) electrons. The first-order valence-corrected chi connectivity index (χ1v) is 5.12. The number of carbonyl (C=O) groups excluding carboxylic acids is 1. The van der Waals surface area contributed by atoms with Crippen LogP contribution >= 0.6 is 0 Å². The number of imidazole rings is 1. The molecule has 2 rings (SSSR count). The van der Waals surface area contributed by atoms with Gasteiger partial charge in [0.2, 0.25) is 0 Å². The van der Waals surface area contributed by atoms with Crippen molar-refractivity contribution in [3.8, 4) is 0 Å². The van der Waals surface area contributed by atoms with E-state index < -0.39 is 6.09 Å². The van der Waals surface area contributed by atoms with E-state index in [-0.39, 0.29) is 0 Å². The topological polar surface area (TPSA) is 67.0 Å². The van der Waals surface area contributed by atoms with Gasteiger partial charge in [0.25, 0.3) is 0 Å². The Bertz CT molecular complexity index is 493. The molecule has 1 amide bonds. The Morgan fingerprint density at radius 3 is 3.25 bits per heavy atom. The van der Waals surface area contributed by atoms with Crippen LogP contribution in [0.4, 0.5) is 4.79 Å². The summed E-state index contributed by atoms with van der Waals surface area (Å²) in [6, 6.07) is 5.79. The quantitative estimate of drug-likeness (QED) is 0.827. The normalized spacial score (nSPS) is 10.3. The van der Waals surface area contributed by atoms with Crippen LogP contribution in [0.3, 0.4) is 0 Å². The fourth-order valence-electron chi connectivity index (χ4n) is 1.45. The number of benzene rings is 1. The average molecular weight is 219 g/mol. The molecule has 1 heterocycles. The zero-order valence-electron chi connectivity index (χ0n) is 8.99. The number of aromatic amines is 1. The number of rotatable bonds is 3. The molecule has 5 heteroatoms. The molecule has 2 aromatic rings. The van der Waals surface area contributed by atoms with Gasteiger partial charge in [-0.05, 0) is 24.6 Å². The van der Waals surface area contributed by atoms with Crippen LogP contribution in [0, 0.1) is 0 Å². The van der Waals surface area contributed by atoms with E-state index in [2.05, 4.69) is 15.3 Å². The number of alkyl carbamates (subject to hydrolysis) is 1. The number of carbonyl (C=O) groups is 1. The van der Waals surface area contributed by atoms with Gasteiger partial charge in [0.05, 0.1) is 24.0 Å². The van der Waals surface area contributed by atoms with E-state index in [1.54, 1.807) is 13.3 Å². The number of aromatic nitrogens is 2. The third-order valence-electron chi connectivity index (χ3n) is 2.20. The van der Waals surface area contributed by atoms with Crippen molar-refractivity contribution in [1.82, 2.24) is 15.3 Å². The molecule has 1 aromatic carbocycles. The van der Waals surface area contributed by atoms with Crippen LogP contribution in [0.25, 0.3) is 11.0 Å². The van der Waals surface area contributed by atoms with Crippen LogP contribution in [0.5, 0.6) is 0 Å². The summed E-state index contributed by atoms with van der Waals surface area (Å²) in [6.07, 6.45) is 1.25. The second-order valence-corrected chi connectivity index (χ2v) is 3.33. The lowest BCUT2D eigenvalue weighted by Crippen LogP contribution is -2.23. The number of ether oxygens (including phenoxy) is 1. The van der Waals surface area contributed by atoms with Gasteiger partial charge in [-0.15, -0.1) is 0 Å². The van der Waals surface area contributed by atoms with Crippen LogP contribution < -0.4 is 5.32 Å². The van der Waals surface area contributed by atoms with Crippen molar-refractivity contribution in [2.75, 3.05) is 6.61 Å². The van der Waals surface area contributed by atoms with E-state index >= 15 is 0 Å². The molecule has 0 aliphatic rings. The Labute approximate surface area is 92.8 Å². The summed E-state index contributed by atoms with van der Waals surface area (Å²) < 4.78 is 4.77. The molecule has 84 valence electrons. The number of amides is 1. The lowest BCUT2D eigenvalue weighted by Gasteiger charge is -2.04. The third kappa shape index (κ3) is 2.31. The largest absolute Gasteiger partial charge is 0.450 e. The molecule has 0 saturated heterocycles. The monoisotopic (exact) mass is 219 g/mol. The standard InChI is InChI=1S/C11H13N3O2/c1-2-16-11(15)12-6-8-3-4-9-10(5-8)14-7-13-9/h3-5,7H,2,6H2,1H3,(H,12,15)(H,13,14). The summed E-state index contributed by atoms with van der Waals surface area (Å²) in [5.41, 5.74) is 2.88. The Kier molecular flexibility index (Phi) is 3.05. The molecule has 0 aliphatic heterocycles. The van der Waals surface area contributed by atoms with E-state index in [1.165, 1.54) is 0 Å². The highest BCUT2D eigenvalue weighted by molar-refractivity contribution is 5.75. The minimum absolute atomic E-state index is 0.380. The number of nitrogens with zero attached hydrogens (tertiary/aromatic N) is 1. The minimum atomic E-state index is -0.396. The highest BCUT2D eigenvalue weighted by atomic mass is 16.5. The smallest absolute Gasteiger partial charge is 0.407 e. The number of fused-ring (bicyclic) bond motifs is 1. The maximum atomic E-state index is 11.1. The van der Waals surface area contributed by atoms with Gasteiger partial charge in [-0.1, -0.05) is 6.07 Å². The maximum absolute atomic E-state index is 11.1. The van der Waals surface area contributed by atoms with Gasteiger partial charge in [-0.3, -0.25) is 0 Å². The van der Waals surface area contributed by atoms with Crippen molar-refractivity contribution >= 4 is 17.1 Å². The molecule has 16 heavy (non-hydrogen) atoms. The molecule has 0 fully saturated rings. The first-order chi connectivity index (χ1) is 7.79. The van der Waals surface area contributed by atoms with Gasteiger partial charge < -0.3 is 15.0 Å². The molecule has 0 bridgehead atoms. The van der Waals surface area contributed by atoms with Crippen molar-refractivity contribution in [2.24, 2.45) is 0 Å². The number of hydrogen-bond donors (Lipinski definition) is 2. The number of H-pyrrole nitrogens is 1. The van der Waals surface area contributed by atoms with Crippen LogP contribution in [0.1, 0.15) is 12.5 Å². The predicted molar refractivity (Wildman–Crippen MR) is 60.0 cm³/mol. The molecule has 1 aromatic heterocycles. The third-order valence-corrected chi connectivity index (χ3v) is 2.20. The maximum Gasteiger partial charge on any atom is 0.407 e. The van der Waals surface area contributed by atoms with Crippen molar-refractivity contribution in [2.45, 2.75) is 13.5 Å². The van der Waals surface area contributed by atoms with Crippen LogP contribution in [-0.2, 0) is 11.3 Å². The van der Waals surface area contributed by atoms with Gasteiger partial charge in [0.1, 0.15) is 0 Å². The van der Waals surface area contributed by atoms with E-state index in [1.807, 2.05) is 18.2 Å². The predicted octanol–water partition coefficient (Wildman–Crippen LogP) is 1.81.